The van der Waals surface area contributed by atoms with Gasteiger partial charge in [0.1, 0.15) is 5.82 Å². The van der Waals surface area contributed by atoms with E-state index in [1.807, 2.05) is 13.8 Å². The molecule has 0 bridgehead atoms. The van der Waals surface area contributed by atoms with E-state index in [4.69, 9.17) is 11.6 Å². The van der Waals surface area contributed by atoms with Crippen LogP contribution in [0.25, 0.3) is 5.82 Å². The Morgan fingerprint density at radius 2 is 2.07 bits per heavy atom. The fraction of sp³-hybridized carbons (Fsp3) is 0.250. The third kappa shape index (κ3) is 4.09. The first-order valence-corrected chi connectivity index (χ1v) is 9.33. The highest BCUT2D eigenvalue weighted by atomic mass is 35.5. The number of hydrogen-bond donors (Lipinski definition) is 3. The van der Waals surface area contributed by atoms with E-state index in [2.05, 4.69) is 20.7 Å². The van der Waals surface area contributed by atoms with Gasteiger partial charge in [-0.05, 0) is 44.5 Å². The molecule has 28 heavy (non-hydrogen) atoms. The second-order valence-corrected chi connectivity index (χ2v) is 6.87. The Balaban J connectivity index is 1.90. The molecule has 1 amide bonds. The summed E-state index contributed by atoms with van der Waals surface area (Å²) in [7, 11) is 0. The Morgan fingerprint density at radius 1 is 1.29 bits per heavy atom. The predicted molar refractivity (Wildman–Crippen MR) is 110 cm³/mol. The molecule has 2 heterocycles. The number of benzene rings is 1. The standard InChI is InChI=1S/C20H22ClN5O2/c1-4-22-17-10-14(21)9-15(13(17)3)20(28)23-11-16-18(27)8-12(2)25-19(16)26-7-5-6-24-26/h5-10,22H,4,11H2,1-3H3,(H,23,28)(H,25,27). The highest BCUT2D eigenvalue weighted by Crippen LogP contribution is 2.25. The van der Waals surface area contributed by atoms with Crippen LogP contribution in [0, 0.1) is 13.8 Å². The fourth-order valence-electron chi connectivity index (χ4n) is 3.02. The molecule has 2 aromatic heterocycles. The summed E-state index contributed by atoms with van der Waals surface area (Å²) in [6.45, 7) is 6.41. The number of aromatic amines is 1. The van der Waals surface area contributed by atoms with E-state index in [1.165, 1.54) is 6.07 Å². The zero-order chi connectivity index (χ0) is 20.3. The van der Waals surface area contributed by atoms with Crippen molar-refractivity contribution in [2.24, 2.45) is 0 Å². The summed E-state index contributed by atoms with van der Waals surface area (Å²) in [4.78, 5) is 28.5. The number of halogens is 1. The maximum Gasteiger partial charge on any atom is 0.251 e. The van der Waals surface area contributed by atoms with Crippen LogP contribution < -0.4 is 16.1 Å². The second kappa shape index (κ2) is 8.31. The Labute approximate surface area is 167 Å². The van der Waals surface area contributed by atoms with Gasteiger partial charge in [-0.3, -0.25) is 9.59 Å². The molecule has 3 N–H and O–H groups in total. The van der Waals surface area contributed by atoms with E-state index in [9.17, 15) is 9.59 Å². The number of carbonyl (C=O) groups excluding carboxylic acids is 1. The molecule has 3 aromatic rings. The Hall–Kier alpha value is -3.06. The molecule has 0 aliphatic rings. The minimum atomic E-state index is -0.300. The SMILES string of the molecule is CCNc1cc(Cl)cc(C(=O)NCc2c(-n3cccn3)[nH]c(C)cc2=O)c1C. The van der Waals surface area contributed by atoms with Crippen molar-refractivity contribution < 1.29 is 4.79 Å². The van der Waals surface area contributed by atoms with Crippen LogP contribution in [0.5, 0.6) is 0 Å². The lowest BCUT2D eigenvalue weighted by atomic mass is 10.1. The maximum absolute atomic E-state index is 12.8. The third-order valence-corrected chi connectivity index (χ3v) is 4.61. The molecular weight excluding hydrogens is 378 g/mol. The predicted octanol–water partition coefficient (Wildman–Crippen LogP) is 3.19. The summed E-state index contributed by atoms with van der Waals surface area (Å²) in [6, 6.07) is 6.68. The van der Waals surface area contributed by atoms with Gasteiger partial charge in [0.2, 0.25) is 0 Å². The van der Waals surface area contributed by atoms with Crippen LogP contribution in [0.3, 0.4) is 0 Å². The van der Waals surface area contributed by atoms with Gasteiger partial charge in [-0.2, -0.15) is 5.10 Å². The van der Waals surface area contributed by atoms with Gasteiger partial charge in [0.05, 0.1) is 12.1 Å². The Kier molecular flexibility index (Phi) is 5.84. The molecule has 0 spiro atoms. The first-order chi connectivity index (χ1) is 13.4. The van der Waals surface area contributed by atoms with Crippen LogP contribution in [0.1, 0.15) is 34.1 Å². The van der Waals surface area contributed by atoms with E-state index in [-0.39, 0.29) is 17.9 Å². The molecule has 0 aliphatic carbocycles. The largest absolute Gasteiger partial charge is 0.385 e. The average Bonchev–Trinajstić information content (AvgIpc) is 3.17. The number of hydrogen-bond acceptors (Lipinski definition) is 4. The lowest BCUT2D eigenvalue weighted by Crippen LogP contribution is -2.28. The zero-order valence-corrected chi connectivity index (χ0v) is 16.7. The first-order valence-electron chi connectivity index (χ1n) is 8.95. The van der Waals surface area contributed by atoms with Crippen LogP contribution in [0.15, 0.2) is 41.5 Å². The van der Waals surface area contributed by atoms with Gasteiger partial charge >= 0.3 is 0 Å². The topological polar surface area (TPSA) is 91.8 Å². The Bertz CT molecular complexity index is 1060. The molecule has 0 aliphatic heterocycles. The summed E-state index contributed by atoms with van der Waals surface area (Å²) in [5, 5.41) is 10.7. The van der Waals surface area contributed by atoms with E-state index >= 15 is 0 Å². The van der Waals surface area contributed by atoms with Crippen LogP contribution in [-0.2, 0) is 6.54 Å². The van der Waals surface area contributed by atoms with Crippen LogP contribution in [0.2, 0.25) is 5.02 Å². The lowest BCUT2D eigenvalue weighted by molar-refractivity contribution is 0.0950. The van der Waals surface area contributed by atoms with Crippen molar-refractivity contribution >= 4 is 23.2 Å². The van der Waals surface area contributed by atoms with Crippen molar-refractivity contribution in [1.82, 2.24) is 20.1 Å². The molecule has 0 radical (unpaired) electrons. The van der Waals surface area contributed by atoms with Crippen molar-refractivity contribution in [3.05, 3.63) is 74.3 Å². The molecule has 7 nitrogen and oxygen atoms in total. The molecule has 146 valence electrons. The summed E-state index contributed by atoms with van der Waals surface area (Å²) in [5.74, 6) is 0.233. The van der Waals surface area contributed by atoms with Crippen molar-refractivity contribution in [3.8, 4) is 5.82 Å². The smallest absolute Gasteiger partial charge is 0.251 e. The van der Waals surface area contributed by atoms with Gasteiger partial charge in [-0.15, -0.1) is 0 Å². The lowest BCUT2D eigenvalue weighted by Gasteiger charge is -2.15. The van der Waals surface area contributed by atoms with E-state index in [0.29, 0.717) is 34.2 Å². The minimum absolute atomic E-state index is 0.0616. The normalized spacial score (nSPS) is 10.7. The van der Waals surface area contributed by atoms with Crippen molar-refractivity contribution in [1.29, 1.82) is 0 Å². The fourth-order valence-corrected chi connectivity index (χ4v) is 3.24. The first kappa shape index (κ1) is 19.7. The number of aromatic nitrogens is 3. The monoisotopic (exact) mass is 399 g/mol. The number of carbonyl (C=O) groups is 1. The van der Waals surface area contributed by atoms with Gasteiger partial charge in [0.25, 0.3) is 5.91 Å². The van der Waals surface area contributed by atoms with E-state index < -0.39 is 0 Å². The van der Waals surface area contributed by atoms with Gasteiger partial charge < -0.3 is 15.6 Å². The van der Waals surface area contributed by atoms with Crippen molar-refractivity contribution in [3.63, 3.8) is 0 Å². The molecule has 0 atom stereocenters. The maximum atomic E-state index is 12.8. The van der Waals surface area contributed by atoms with E-state index in [1.54, 1.807) is 42.2 Å². The number of pyridine rings is 1. The molecule has 0 fully saturated rings. The molecule has 1 aromatic carbocycles. The zero-order valence-electron chi connectivity index (χ0n) is 16.0. The molecule has 3 rings (SSSR count). The molecule has 8 heteroatoms. The van der Waals surface area contributed by atoms with Gasteiger partial charge in [0, 0.05) is 47.0 Å². The summed E-state index contributed by atoms with van der Waals surface area (Å²) in [6.07, 6.45) is 3.36. The highest BCUT2D eigenvalue weighted by molar-refractivity contribution is 6.31. The number of aryl methyl sites for hydroxylation is 1. The van der Waals surface area contributed by atoms with Gasteiger partial charge in [0.15, 0.2) is 5.43 Å². The number of anilines is 1. The van der Waals surface area contributed by atoms with Crippen LogP contribution in [0.4, 0.5) is 5.69 Å². The number of H-pyrrole nitrogens is 1. The number of rotatable bonds is 6. The van der Waals surface area contributed by atoms with Crippen molar-refractivity contribution in [2.75, 3.05) is 11.9 Å². The highest BCUT2D eigenvalue weighted by Gasteiger charge is 2.16. The van der Waals surface area contributed by atoms with Gasteiger partial charge in [-0.1, -0.05) is 11.6 Å². The Morgan fingerprint density at radius 3 is 2.75 bits per heavy atom. The van der Waals surface area contributed by atoms with E-state index in [0.717, 1.165) is 11.3 Å². The molecule has 0 saturated carbocycles. The summed E-state index contributed by atoms with van der Waals surface area (Å²) >= 11 is 6.17. The number of nitrogens with zero attached hydrogens (tertiary/aromatic N) is 2. The summed E-state index contributed by atoms with van der Waals surface area (Å²) in [5.41, 5.74) is 3.05. The molecule has 0 unspecified atom stereocenters. The van der Waals surface area contributed by atoms with Crippen molar-refractivity contribution in [2.45, 2.75) is 27.3 Å². The molecule has 0 saturated heterocycles. The quantitative estimate of drug-likeness (QED) is 0.593. The number of nitrogens with one attached hydrogen (secondary N) is 3. The molecular formula is C20H22ClN5O2. The van der Waals surface area contributed by atoms with Gasteiger partial charge in [-0.25, -0.2) is 4.68 Å². The minimum Gasteiger partial charge on any atom is -0.385 e. The van der Waals surface area contributed by atoms with Crippen LogP contribution in [-0.4, -0.2) is 27.2 Å². The van der Waals surface area contributed by atoms with Crippen LogP contribution >= 0.6 is 11.6 Å². The summed E-state index contributed by atoms with van der Waals surface area (Å²) < 4.78 is 1.57. The average molecular weight is 400 g/mol. The number of amides is 1. The third-order valence-electron chi connectivity index (χ3n) is 4.39. The second-order valence-electron chi connectivity index (χ2n) is 6.43.